The van der Waals surface area contributed by atoms with Gasteiger partial charge in [0.15, 0.2) is 0 Å². The van der Waals surface area contributed by atoms with Gasteiger partial charge in [0.25, 0.3) is 10.2 Å². The van der Waals surface area contributed by atoms with Crippen LogP contribution in [-0.4, -0.2) is 57.5 Å². The van der Waals surface area contributed by atoms with Crippen molar-refractivity contribution in [3.8, 4) is 5.75 Å². The molecule has 3 rings (SSSR count). The van der Waals surface area contributed by atoms with E-state index in [9.17, 15) is 8.42 Å². The van der Waals surface area contributed by atoms with E-state index in [2.05, 4.69) is 9.62 Å². The van der Waals surface area contributed by atoms with E-state index in [4.69, 9.17) is 4.74 Å². The quantitative estimate of drug-likeness (QED) is 0.788. The predicted molar refractivity (Wildman–Crippen MR) is 104 cm³/mol. The van der Waals surface area contributed by atoms with Gasteiger partial charge in [0.2, 0.25) is 0 Å². The largest absolute Gasteiger partial charge is 0.497 e. The number of rotatable bonds is 7. The molecule has 0 saturated carbocycles. The fourth-order valence-corrected chi connectivity index (χ4v) is 5.18. The molecule has 2 aliphatic heterocycles. The van der Waals surface area contributed by atoms with E-state index in [0.717, 1.165) is 43.7 Å². The SMILES string of the molecule is COc1ccc(C(CNS(=O)(=O)N2CCCCC2)N2CCCCC2)cc1. The van der Waals surface area contributed by atoms with Gasteiger partial charge in [-0.3, -0.25) is 4.90 Å². The van der Waals surface area contributed by atoms with Gasteiger partial charge in [-0.25, -0.2) is 4.72 Å². The number of hydrogen-bond acceptors (Lipinski definition) is 4. The lowest BCUT2D eigenvalue weighted by atomic mass is 10.0. The smallest absolute Gasteiger partial charge is 0.279 e. The Bertz CT molecular complexity index is 651. The summed E-state index contributed by atoms with van der Waals surface area (Å²) in [5.74, 6) is 0.819. The first kappa shape index (κ1) is 19.6. The molecular weight excluding hydrogens is 350 g/mol. The first-order valence-electron chi connectivity index (χ1n) is 9.73. The van der Waals surface area contributed by atoms with Crippen molar-refractivity contribution in [1.82, 2.24) is 13.9 Å². The van der Waals surface area contributed by atoms with Gasteiger partial charge in [-0.2, -0.15) is 12.7 Å². The third-order valence-electron chi connectivity index (χ3n) is 5.45. The number of nitrogens with zero attached hydrogens (tertiary/aromatic N) is 2. The molecule has 0 aromatic heterocycles. The number of ether oxygens (including phenoxy) is 1. The summed E-state index contributed by atoms with van der Waals surface area (Å²) in [5.41, 5.74) is 1.13. The Hall–Kier alpha value is -1.15. The summed E-state index contributed by atoms with van der Waals surface area (Å²) in [6.07, 6.45) is 6.63. The Kier molecular flexibility index (Phi) is 6.92. The van der Waals surface area contributed by atoms with Crippen molar-refractivity contribution in [2.24, 2.45) is 0 Å². The maximum atomic E-state index is 12.7. The lowest BCUT2D eigenvalue weighted by Gasteiger charge is -2.35. The van der Waals surface area contributed by atoms with E-state index in [0.29, 0.717) is 19.6 Å². The van der Waals surface area contributed by atoms with E-state index in [-0.39, 0.29) is 6.04 Å². The van der Waals surface area contributed by atoms with Crippen LogP contribution in [0.1, 0.15) is 50.1 Å². The number of benzene rings is 1. The molecule has 0 aliphatic carbocycles. The van der Waals surface area contributed by atoms with Gasteiger partial charge in [0.05, 0.1) is 7.11 Å². The summed E-state index contributed by atoms with van der Waals surface area (Å²) in [5, 5.41) is 0. The number of hydrogen-bond donors (Lipinski definition) is 1. The van der Waals surface area contributed by atoms with Gasteiger partial charge in [0, 0.05) is 25.7 Å². The van der Waals surface area contributed by atoms with Gasteiger partial charge in [0.1, 0.15) is 5.75 Å². The number of piperidine rings is 2. The van der Waals surface area contributed by atoms with E-state index in [1.807, 2.05) is 24.3 Å². The molecule has 1 aromatic carbocycles. The Morgan fingerprint density at radius 2 is 1.54 bits per heavy atom. The highest BCUT2D eigenvalue weighted by Crippen LogP contribution is 2.26. The fraction of sp³-hybridized carbons (Fsp3) is 0.684. The van der Waals surface area contributed by atoms with Crippen LogP contribution >= 0.6 is 0 Å². The Balaban J connectivity index is 1.72. The molecule has 7 heteroatoms. The molecule has 2 aliphatic rings. The van der Waals surface area contributed by atoms with E-state index in [1.165, 1.54) is 19.3 Å². The van der Waals surface area contributed by atoms with Crippen molar-refractivity contribution in [3.05, 3.63) is 29.8 Å². The van der Waals surface area contributed by atoms with Crippen molar-refractivity contribution in [2.75, 3.05) is 39.8 Å². The van der Waals surface area contributed by atoms with E-state index >= 15 is 0 Å². The molecular formula is C19H31N3O3S. The highest BCUT2D eigenvalue weighted by atomic mass is 32.2. The van der Waals surface area contributed by atoms with Gasteiger partial charge < -0.3 is 4.74 Å². The van der Waals surface area contributed by atoms with Crippen LogP contribution in [0, 0.1) is 0 Å². The van der Waals surface area contributed by atoms with Gasteiger partial charge in [-0.1, -0.05) is 25.0 Å². The molecule has 2 heterocycles. The summed E-state index contributed by atoms with van der Waals surface area (Å²) in [7, 11) is -1.75. The Morgan fingerprint density at radius 3 is 2.12 bits per heavy atom. The first-order chi connectivity index (χ1) is 12.6. The van der Waals surface area contributed by atoms with Gasteiger partial charge in [-0.05, 0) is 56.5 Å². The highest BCUT2D eigenvalue weighted by molar-refractivity contribution is 7.87. The van der Waals surface area contributed by atoms with Crippen molar-refractivity contribution in [2.45, 2.75) is 44.6 Å². The zero-order valence-electron chi connectivity index (χ0n) is 15.7. The maximum absolute atomic E-state index is 12.7. The molecule has 1 atom stereocenters. The van der Waals surface area contributed by atoms with Gasteiger partial charge >= 0.3 is 0 Å². The molecule has 1 unspecified atom stereocenters. The third kappa shape index (κ3) is 4.97. The molecule has 0 spiro atoms. The highest BCUT2D eigenvalue weighted by Gasteiger charge is 2.27. The van der Waals surface area contributed by atoms with Gasteiger partial charge in [-0.15, -0.1) is 0 Å². The molecule has 0 amide bonds. The second kappa shape index (κ2) is 9.17. The van der Waals surface area contributed by atoms with Crippen LogP contribution in [0.4, 0.5) is 0 Å². The maximum Gasteiger partial charge on any atom is 0.279 e. The molecule has 1 N–H and O–H groups in total. The third-order valence-corrected chi connectivity index (χ3v) is 7.02. The predicted octanol–water partition coefficient (Wildman–Crippen LogP) is 2.54. The second-order valence-corrected chi connectivity index (χ2v) is 8.95. The van der Waals surface area contributed by atoms with Crippen LogP contribution in [0.2, 0.25) is 0 Å². The molecule has 2 fully saturated rings. The standard InChI is InChI=1S/C19H31N3O3S/c1-25-18-10-8-17(9-11-18)19(21-12-4-2-5-13-21)16-20-26(23,24)22-14-6-3-7-15-22/h8-11,19-20H,2-7,12-16H2,1H3. The average molecular weight is 382 g/mol. The Labute approximate surface area is 157 Å². The Morgan fingerprint density at radius 1 is 0.962 bits per heavy atom. The molecule has 6 nitrogen and oxygen atoms in total. The fourth-order valence-electron chi connectivity index (χ4n) is 3.89. The van der Waals surface area contributed by atoms with Crippen LogP contribution in [0.15, 0.2) is 24.3 Å². The van der Waals surface area contributed by atoms with Crippen LogP contribution in [0.5, 0.6) is 5.75 Å². The van der Waals surface area contributed by atoms with Crippen LogP contribution in [-0.2, 0) is 10.2 Å². The first-order valence-corrected chi connectivity index (χ1v) is 11.2. The summed E-state index contributed by atoms with van der Waals surface area (Å²) >= 11 is 0. The molecule has 0 radical (unpaired) electrons. The topological polar surface area (TPSA) is 61.9 Å². The molecule has 2 saturated heterocycles. The molecule has 26 heavy (non-hydrogen) atoms. The lowest BCUT2D eigenvalue weighted by Crippen LogP contribution is -2.47. The molecule has 1 aromatic rings. The molecule has 146 valence electrons. The zero-order chi connectivity index (χ0) is 18.4. The number of nitrogens with one attached hydrogen (secondary N) is 1. The second-order valence-electron chi connectivity index (χ2n) is 7.20. The minimum atomic E-state index is -3.41. The number of likely N-dealkylation sites (tertiary alicyclic amines) is 1. The summed E-state index contributed by atoms with van der Waals surface area (Å²) in [6, 6.07) is 8.05. The van der Waals surface area contributed by atoms with Crippen molar-refractivity contribution >= 4 is 10.2 Å². The van der Waals surface area contributed by atoms with Crippen LogP contribution in [0.25, 0.3) is 0 Å². The molecule has 0 bridgehead atoms. The minimum Gasteiger partial charge on any atom is -0.497 e. The van der Waals surface area contributed by atoms with Crippen molar-refractivity contribution in [1.29, 1.82) is 0 Å². The van der Waals surface area contributed by atoms with Crippen LogP contribution < -0.4 is 9.46 Å². The minimum absolute atomic E-state index is 0.0563. The monoisotopic (exact) mass is 381 g/mol. The zero-order valence-corrected chi connectivity index (χ0v) is 16.5. The van der Waals surface area contributed by atoms with Crippen molar-refractivity contribution < 1.29 is 13.2 Å². The summed E-state index contributed by atoms with van der Waals surface area (Å²) < 4.78 is 35.1. The summed E-state index contributed by atoms with van der Waals surface area (Å²) in [4.78, 5) is 2.41. The number of methoxy groups -OCH3 is 1. The van der Waals surface area contributed by atoms with E-state index < -0.39 is 10.2 Å². The van der Waals surface area contributed by atoms with Crippen LogP contribution in [0.3, 0.4) is 0 Å². The summed E-state index contributed by atoms with van der Waals surface area (Å²) in [6.45, 7) is 3.70. The average Bonchev–Trinajstić information content (AvgIpc) is 2.70. The van der Waals surface area contributed by atoms with Crippen molar-refractivity contribution in [3.63, 3.8) is 0 Å². The van der Waals surface area contributed by atoms with E-state index in [1.54, 1.807) is 11.4 Å². The lowest BCUT2D eigenvalue weighted by molar-refractivity contribution is 0.164. The normalized spacial score (nSPS) is 21.4.